The van der Waals surface area contributed by atoms with E-state index in [0.29, 0.717) is 18.0 Å². The lowest BCUT2D eigenvalue weighted by atomic mass is 9.85. The highest BCUT2D eigenvalue weighted by Gasteiger charge is 2.44. The molecule has 2 aliphatic rings. The number of hydrogen-bond donors (Lipinski definition) is 0. The van der Waals surface area contributed by atoms with E-state index in [9.17, 15) is 4.79 Å². The van der Waals surface area contributed by atoms with Crippen LogP contribution < -0.4 is 0 Å². The standard InChI is InChI=1S/C17H24N2O3/c1-21-10-5-14-11-17(22-12-14)6-2-9-19(13-17)16(20)15-3-7-18-8-4-15/h3-4,7-8,14H,2,5-6,9-13H2,1H3/t14-,17+/m0/s1. The fraction of sp³-hybridized carbons (Fsp3) is 0.647. The third-order valence-electron chi connectivity index (χ3n) is 4.77. The van der Waals surface area contributed by atoms with Crippen molar-refractivity contribution in [3.05, 3.63) is 30.1 Å². The first-order valence-corrected chi connectivity index (χ1v) is 8.05. The highest BCUT2D eigenvalue weighted by molar-refractivity contribution is 5.94. The molecule has 0 unspecified atom stereocenters. The van der Waals surface area contributed by atoms with Crippen LogP contribution in [0.5, 0.6) is 0 Å². The normalized spacial score (nSPS) is 28.2. The minimum Gasteiger partial charge on any atom is -0.385 e. The summed E-state index contributed by atoms with van der Waals surface area (Å²) in [5.74, 6) is 0.640. The predicted octanol–water partition coefficient (Wildman–Crippen LogP) is 2.13. The van der Waals surface area contributed by atoms with Crippen LogP contribution in [0.15, 0.2) is 24.5 Å². The summed E-state index contributed by atoms with van der Waals surface area (Å²) in [5.41, 5.74) is 0.570. The minimum absolute atomic E-state index is 0.0883. The number of rotatable bonds is 4. The molecule has 1 amide bonds. The molecule has 0 N–H and O–H groups in total. The summed E-state index contributed by atoms with van der Waals surface area (Å²) in [4.78, 5) is 18.5. The second-order valence-corrected chi connectivity index (χ2v) is 6.41. The Bertz CT molecular complexity index is 508. The fourth-order valence-corrected chi connectivity index (χ4v) is 3.64. The van der Waals surface area contributed by atoms with Crippen molar-refractivity contribution < 1.29 is 14.3 Å². The summed E-state index contributed by atoms with van der Waals surface area (Å²) >= 11 is 0. The topological polar surface area (TPSA) is 51.7 Å². The number of nitrogens with zero attached hydrogens (tertiary/aromatic N) is 2. The zero-order valence-corrected chi connectivity index (χ0v) is 13.2. The van der Waals surface area contributed by atoms with Crippen LogP contribution in [0.25, 0.3) is 0 Å². The number of ether oxygens (including phenoxy) is 2. The van der Waals surface area contributed by atoms with E-state index in [4.69, 9.17) is 9.47 Å². The minimum atomic E-state index is -0.140. The van der Waals surface area contributed by atoms with Gasteiger partial charge in [-0.05, 0) is 43.7 Å². The lowest BCUT2D eigenvalue weighted by Gasteiger charge is -2.39. The zero-order valence-electron chi connectivity index (χ0n) is 13.2. The van der Waals surface area contributed by atoms with E-state index in [1.54, 1.807) is 31.6 Å². The van der Waals surface area contributed by atoms with E-state index in [1.807, 2.05) is 4.90 Å². The van der Waals surface area contributed by atoms with Gasteiger partial charge in [0.15, 0.2) is 0 Å². The monoisotopic (exact) mass is 304 g/mol. The summed E-state index contributed by atoms with van der Waals surface area (Å²) in [6.07, 6.45) is 7.47. The molecule has 3 heterocycles. The Balaban J connectivity index is 1.64. The first kappa shape index (κ1) is 15.4. The van der Waals surface area contributed by atoms with Crippen molar-refractivity contribution in [2.75, 3.05) is 33.4 Å². The van der Waals surface area contributed by atoms with Crippen molar-refractivity contribution in [1.29, 1.82) is 0 Å². The van der Waals surface area contributed by atoms with E-state index in [1.165, 1.54) is 0 Å². The zero-order chi connectivity index (χ0) is 15.4. The van der Waals surface area contributed by atoms with Crippen LogP contribution in [0.4, 0.5) is 0 Å². The SMILES string of the molecule is COCC[C@@H]1CO[C@]2(CCCN(C(=O)c3ccncc3)C2)C1. The van der Waals surface area contributed by atoms with Crippen LogP contribution in [0, 0.1) is 5.92 Å². The van der Waals surface area contributed by atoms with E-state index in [2.05, 4.69) is 4.98 Å². The molecule has 2 fully saturated rings. The lowest BCUT2D eigenvalue weighted by molar-refractivity contribution is -0.0450. The number of aromatic nitrogens is 1. The molecule has 1 aromatic rings. The highest BCUT2D eigenvalue weighted by Crippen LogP contribution is 2.38. The van der Waals surface area contributed by atoms with Crippen LogP contribution >= 0.6 is 0 Å². The number of piperidine rings is 1. The van der Waals surface area contributed by atoms with Gasteiger partial charge in [-0.2, -0.15) is 0 Å². The Morgan fingerprint density at radius 2 is 2.32 bits per heavy atom. The summed E-state index contributed by atoms with van der Waals surface area (Å²) in [6, 6.07) is 3.56. The second-order valence-electron chi connectivity index (χ2n) is 6.41. The molecule has 0 aliphatic carbocycles. The molecule has 0 saturated carbocycles. The molecule has 5 nitrogen and oxygen atoms in total. The Labute approximate surface area is 131 Å². The summed E-state index contributed by atoms with van der Waals surface area (Å²) in [7, 11) is 1.74. The maximum Gasteiger partial charge on any atom is 0.254 e. The summed E-state index contributed by atoms with van der Waals surface area (Å²) < 4.78 is 11.3. The van der Waals surface area contributed by atoms with Gasteiger partial charge in [-0.1, -0.05) is 0 Å². The summed E-state index contributed by atoms with van der Waals surface area (Å²) in [6.45, 7) is 3.09. The van der Waals surface area contributed by atoms with Crippen LogP contribution in [-0.2, 0) is 9.47 Å². The van der Waals surface area contributed by atoms with Crippen molar-refractivity contribution >= 4 is 5.91 Å². The first-order chi connectivity index (χ1) is 10.7. The molecule has 3 rings (SSSR count). The third kappa shape index (κ3) is 3.31. The van der Waals surface area contributed by atoms with Crippen molar-refractivity contribution in [3.8, 4) is 0 Å². The molecule has 0 bridgehead atoms. The van der Waals surface area contributed by atoms with E-state index in [0.717, 1.165) is 45.4 Å². The number of carbonyl (C=O) groups excluding carboxylic acids is 1. The molecule has 120 valence electrons. The molecule has 0 radical (unpaired) electrons. The number of likely N-dealkylation sites (tertiary alicyclic amines) is 1. The molecule has 2 aliphatic heterocycles. The molecule has 2 atom stereocenters. The van der Waals surface area contributed by atoms with Crippen LogP contribution in [0.3, 0.4) is 0 Å². The Kier molecular flexibility index (Phi) is 4.74. The van der Waals surface area contributed by atoms with Gasteiger partial charge in [-0.25, -0.2) is 0 Å². The largest absolute Gasteiger partial charge is 0.385 e. The van der Waals surface area contributed by atoms with Gasteiger partial charge in [0.05, 0.1) is 12.2 Å². The molecule has 22 heavy (non-hydrogen) atoms. The maximum absolute atomic E-state index is 12.6. The third-order valence-corrected chi connectivity index (χ3v) is 4.77. The molecular weight excluding hydrogens is 280 g/mol. The Morgan fingerprint density at radius 3 is 3.09 bits per heavy atom. The van der Waals surface area contributed by atoms with Crippen LogP contribution in [0.1, 0.15) is 36.0 Å². The smallest absolute Gasteiger partial charge is 0.254 e. The van der Waals surface area contributed by atoms with Crippen LogP contribution in [0.2, 0.25) is 0 Å². The quantitative estimate of drug-likeness (QED) is 0.855. The second kappa shape index (κ2) is 6.75. The van der Waals surface area contributed by atoms with E-state index in [-0.39, 0.29) is 11.5 Å². The lowest BCUT2D eigenvalue weighted by Crippen LogP contribution is -2.50. The van der Waals surface area contributed by atoms with Gasteiger partial charge in [-0.15, -0.1) is 0 Å². The fourth-order valence-electron chi connectivity index (χ4n) is 3.64. The van der Waals surface area contributed by atoms with Crippen molar-refractivity contribution in [3.63, 3.8) is 0 Å². The van der Waals surface area contributed by atoms with Crippen molar-refractivity contribution in [2.45, 2.75) is 31.3 Å². The van der Waals surface area contributed by atoms with Gasteiger partial charge in [0.2, 0.25) is 0 Å². The number of methoxy groups -OCH3 is 1. The number of pyridine rings is 1. The number of amides is 1. The van der Waals surface area contributed by atoms with Gasteiger partial charge in [0, 0.05) is 44.8 Å². The van der Waals surface area contributed by atoms with E-state index >= 15 is 0 Å². The Hall–Kier alpha value is -1.46. The predicted molar refractivity (Wildman–Crippen MR) is 82.7 cm³/mol. The van der Waals surface area contributed by atoms with E-state index < -0.39 is 0 Å². The Morgan fingerprint density at radius 1 is 1.50 bits per heavy atom. The highest BCUT2D eigenvalue weighted by atomic mass is 16.5. The molecule has 1 aromatic heterocycles. The average Bonchev–Trinajstić information content (AvgIpc) is 2.95. The first-order valence-electron chi connectivity index (χ1n) is 8.05. The molecule has 2 saturated heterocycles. The molecule has 0 aromatic carbocycles. The average molecular weight is 304 g/mol. The number of carbonyl (C=O) groups is 1. The summed E-state index contributed by atoms with van der Waals surface area (Å²) in [5, 5.41) is 0. The van der Waals surface area contributed by atoms with Crippen molar-refractivity contribution in [2.24, 2.45) is 5.92 Å². The molecular formula is C17H24N2O3. The maximum atomic E-state index is 12.6. The van der Waals surface area contributed by atoms with Gasteiger partial charge >= 0.3 is 0 Å². The molecule has 1 spiro atoms. The van der Waals surface area contributed by atoms with Gasteiger partial charge in [0.25, 0.3) is 5.91 Å². The van der Waals surface area contributed by atoms with Gasteiger partial charge < -0.3 is 14.4 Å². The van der Waals surface area contributed by atoms with Gasteiger partial charge in [0.1, 0.15) is 0 Å². The molecule has 5 heteroatoms. The van der Waals surface area contributed by atoms with Gasteiger partial charge in [-0.3, -0.25) is 9.78 Å². The van der Waals surface area contributed by atoms with Crippen molar-refractivity contribution in [1.82, 2.24) is 9.88 Å². The van der Waals surface area contributed by atoms with Crippen LogP contribution in [-0.4, -0.2) is 54.8 Å². The number of hydrogen-bond acceptors (Lipinski definition) is 4.